The zero-order chi connectivity index (χ0) is 10.8. The van der Waals surface area contributed by atoms with Crippen molar-refractivity contribution < 1.29 is 0 Å². The monoisotopic (exact) mass is 199 g/mol. The van der Waals surface area contributed by atoms with E-state index in [9.17, 15) is 0 Å². The largest absolute Gasteiger partial charge is 0.399 e. The molecule has 0 radical (unpaired) electrons. The average molecular weight is 199 g/mol. The van der Waals surface area contributed by atoms with Crippen molar-refractivity contribution in [2.24, 2.45) is 11.8 Å². The molecule has 0 aromatic heterocycles. The molecule has 2 unspecified atom stereocenters. The summed E-state index contributed by atoms with van der Waals surface area (Å²) >= 11 is 0. The second-order valence-corrected chi connectivity index (χ2v) is 4.28. The Kier molecular flexibility index (Phi) is 2.63. The molecule has 0 heterocycles. The standard InChI is InChI=1S/C14H17N/c1-10-5-3-8-14(11(10)2)12-6-4-7-13(15)9-12/h3-11H,15H2,1-2H3. The molecule has 15 heavy (non-hydrogen) atoms. The molecule has 0 saturated carbocycles. The van der Waals surface area contributed by atoms with E-state index in [1.54, 1.807) is 0 Å². The molecule has 0 amide bonds. The minimum atomic E-state index is 0.566. The van der Waals surface area contributed by atoms with E-state index in [-0.39, 0.29) is 0 Å². The average Bonchev–Trinajstić information content (AvgIpc) is 2.22. The van der Waals surface area contributed by atoms with Crippen molar-refractivity contribution in [1.82, 2.24) is 0 Å². The Labute approximate surface area is 91.3 Å². The molecule has 1 nitrogen and oxygen atoms in total. The Morgan fingerprint density at radius 3 is 2.73 bits per heavy atom. The second kappa shape index (κ2) is 3.93. The van der Waals surface area contributed by atoms with Gasteiger partial charge in [0.05, 0.1) is 0 Å². The highest BCUT2D eigenvalue weighted by Crippen LogP contribution is 2.33. The maximum absolute atomic E-state index is 5.80. The lowest BCUT2D eigenvalue weighted by Crippen LogP contribution is -2.10. The highest BCUT2D eigenvalue weighted by atomic mass is 14.5. The number of nitrogen functional groups attached to an aromatic ring is 1. The van der Waals surface area contributed by atoms with Crippen LogP contribution in [0.15, 0.2) is 42.5 Å². The molecule has 0 fully saturated rings. The summed E-state index contributed by atoms with van der Waals surface area (Å²) in [6.45, 7) is 4.52. The number of allylic oxidation sites excluding steroid dienone is 4. The van der Waals surface area contributed by atoms with Crippen LogP contribution in [0.4, 0.5) is 5.69 Å². The van der Waals surface area contributed by atoms with Gasteiger partial charge in [0.15, 0.2) is 0 Å². The molecular weight excluding hydrogens is 182 g/mol. The number of benzene rings is 1. The summed E-state index contributed by atoms with van der Waals surface area (Å²) in [5.74, 6) is 1.17. The van der Waals surface area contributed by atoms with E-state index in [1.807, 2.05) is 18.2 Å². The molecule has 2 atom stereocenters. The van der Waals surface area contributed by atoms with Crippen LogP contribution in [0.3, 0.4) is 0 Å². The third-order valence-corrected chi connectivity index (χ3v) is 3.19. The molecule has 2 N–H and O–H groups in total. The van der Waals surface area contributed by atoms with Crippen molar-refractivity contribution in [3.63, 3.8) is 0 Å². The van der Waals surface area contributed by atoms with Gasteiger partial charge in [-0.3, -0.25) is 0 Å². The predicted molar refractivity (Wildman–Crippen MR) is 66.3 cm³/mol. The van der Waals surface area contributed by atoms with Crippen LogP contribution < -0.4 is 5.73 Å². The van der Waals surface area contributed by atoms with Gasteiger partial charge in [-0.2, -0.15) is 0 Å². The van der Waals surface area contributed by atoms with Crippen LogP contribution in [-0.4, -0.2) is 0 Å². The summed E-state index contributed by atoms with van der Waals surface area (Å²) in [5, 5.41) is 0. The minimum absolute atomic E-state index is 0.566. The molecule has 78 valence electrons. The van der Waals surface area contributed by atoms with Crippen molar-refractivity contribution in [3.05, 3.63) is 48.1 Å². The number of hydrogen-bond donors (Lipinski definition) is 1. The fourth-order valence-electron chi connectivity index (χ4n) is 2.01. The van der Waals surface area contributed by atoms with Crippen molar-refractivity contribution in [2.75, 3.05) is 5.73 Å². The van der Waals surface area contributed by atoms with Gasteiger partial charge in [-0.25, -0.2) is 0 Å². The lowest BCUT2D eigenvalue weighted by Gasteiger charge is -2.23. The van der Waals surface area contributed by atoms with Crippen LogP contribution >= 0.6 is 0 Å². The molecule has 2 rings (SSSR count). The molecule has 1 aromatic rings. The first kappa shape index (κ1) is 10.0. The third-order valence-electron chi connectivity index (χ3n) is 3.19. The molecule has 1 aliphatic carbocycles. The third kappa shape index (κ3) is 1.96. The second-order valence-electron chi connectivity index (χ2n) is 4.28. The van der Waals surface area contributed by atoms with E-state index in [0.717, 1.165) is 5.69 Å². The number of rotatable bonds is 1. The van der Waals surface area contributed by atoms with E-state index in [4.69, 9.17) is 5.73 Å². The van der Waals surface area contributed by atoms with Gasteiger partial charge in [0.1, 0.15) is 0 Å². The van der Waals surface area contributed by atoms with Gasteiger partial charge in [-0.05, 0) is 35.1 Å². The van der Waals surface area contributed by atoms with Crippen LogP contribution in [0.25, 0.3) is 5.57 Å². The summed E-state index contributed by atoms with van der Waals surface area (Å²) < 4.78 is 0. The summed E-state index contributed by atoms with van der Waals surface area (Å²) in [6.07, 6.45) is 6.59. The Balaban J connectivity index is 2.39. The first-order valence-corrected chi connectivity index (χ1v) is 5.43. The summed E-state index contributed by atoms with van der Waals surface area (Å²) in [5.41, 5.74) is 9.27. The number of hydrogen-bond acceptors (Lipinski definition) is 1. The highest BCUT2D eigenvalue weighted by Gasteiger charge is 2.18. The highest BCUT2D eigenvalue weighted by molar-refractivity contribution is 5.72. The smallest absolute Gasteiger partial charge is 0.0320 e. The van der Waals surface area contributed by atoms with E-state index in [1.165, 1.54) is 11.1 Å². The Morgan fingerprint density at radius 1 is 1.20 bits per heavy atom. The lowest BCUT2D eigenvalue weighted by molar-refractivity contribution is 0.568. The fraction of sp³-hybridized carbons (Fsp3) is 0.286. The normalized spacial score (nSPS) is 25.1. The Bertz CT molecular complexity index is 415. The molecule has 0 spiro atoms. The Morgan fingerprint density at radius 2 is 2.00 bits per heavy atom. The quantitative estimate of drug-likeness (QED) is 0.688. The van der Waals surface area contributed by atoms with Gasteiger partial charge in [0.25, 0.3) is 0 Å². The maximum atomic E-state index is 5.80. The molecule has 1 heteroatoms. The van der Waals surface area contributed by atoms with E-state index in [2.05, 4.69) is 38.1 Å². The topological polar surface area (TPSA) is 26.0 Å². The summed E-state index contributed by atoms with van der Waals surface area (Å²) in [4.78, 5) is 0. The van der Waals surface area contributed by atoms with E-state index >= 15 is 0 Å². The SMILES string of the molecule is CC1C=CC=C(c2cccc(N)c2)C1C. The van der Waals surface area contributed by atoms with Crippen molar-refractivity contribution >= 4 is 11.3 Å². The van der Waals surface area contributed by atoms with Crippen molar-refractivity contribution in [1.29, 1.82) is 0 Å². The van der Waals surface area contributed by atoms with E-state index < -0.39 is 0 Å². The maximum Gasteiger partial charge on any atom is 0.0320 e. The van der Waals surface area contributed by atoms with Gasteiger partial charge < -0.3 is 5.73 Å². The van der Waals surface area contributed by atoms with Crippen LogP contribution in [0, 0.1) is 11.8 Å². The van der Waals surface area contributed by atoms with Crippen LogP contribution in [0.5, 0.6) is 0 Å². The van der Waals surface area contributed by atoms with Gasteiger partial charge in [0.2, 0.25) is 0 Å². The molecule has 0 bridgehead atoms. The van der Waals surface area contributed by atoms with Gasteiger partial charge >= 0.3 is 0 Å². The Hall–Kier alpha value is -1.50. The van der Waals surface area contributed by atoms with Crippen LogP contribution in [0.2, 0.25) is 0 Å². The lowest BCUT2D eigenvalue weighted by atomic mass is 9.81. The zero-order valence-electron chi connectivity index (χ0n) is 9.27. The fourth-order valence-corrected chi connectivity index (χ4v) is 2.01. The van der Waals surface area contributed by atoms with Gasteiger partial charge in [-0.1, -0.05) is 44.2 Å². The minimum Gasteiger partial charge on any atom is -0.399 e. The van der Waals surface area contributed by atoms with Crippen LogP contribution in [0.1, 0.15) is 19.4 Å². The zero-order valence-corrected chi connectivity index (χ0v) is 9.27. The number of nitrogens with two attached hydrogens (primary N) is 1. The molecule has 0 saturated heterocycles. The van der Waals surface area contributed by atoms with Crippen molar-refractivity contribution in [2.45, 2.75) is 13.8 Å². The first-order chi connectivity index (χ1) is 7.18. The van der Waals surface area contributed by atoms with Gasteiger partial charge in [0, 0.05) is 5.69 Å². The summed E-state index contributed by atoms with van der Waals surface area (Å²) in [6, 6.07) is 8.12. The summed E-state index contributed by atoms with van der Waals surface area (Å²) in [7, 11) is 0. The predicted octanol–water partition coefficient (Wildman–Crippen LogP) is 3.49. The van der Waals surface area contributed by atoms with E-state index in [0.29, 0.717) is 11.8 Å². The first-order valence-electron chi connectivity index (χ1n) is 5.43. The van der Waals surface area contributed by atoms with Gasteiger partial charge in [-0.15, -0.1) is 0 Å². The number of anilines is 1. The molecule has 1 aliphatic rings. The van der Waals surface area contributed by atoms with Crippen molar-refractivity contribution in [3.8, 4) is 0 Å². The molecule has 1 aromatic carbocycles. The molecular formula is C14H17N. The van der Waals surface area contributed by atoms with Crippen LogP contribution in [-0.2, 0) is 0 Å². The molecule has 0 aliphatic heterocycles.